The minimum absolute atomic E-state index is 0.00858. The molecule has 2 amide bonds. The van der Waals surface area contributed by atoms with Gasteiger partial charge in [0, 0.05) is 37.8 Å². The highest BCUT2D eigenvalue weighted by Gasteiger charge is 2.27. The van der Waals surface area contributed by atoms with Crippen molar-refractivity contribution >= 4 is 11.8 Å². The van der Waals surface area contributed by atoms with E-state index >= 15 is 0 Å². The van der Waals surface area contributed by atoms with Crippen LogP contribution in [0.4, 0.5) is 0 Å². The summed E-state index contributed by atoms with van der Waals surface area (Å²) < 4.78 is 0. The van der Waals surface area contributed by atoms with Crippen molar-refractivity contribution in [2.45, 2.75) is 20.8 Å². The van der Waals surface area contributed by atoms with E-state index in [2.05, 4.69) is 10.2 Å². The zero-order chi connectivity index (χ0) is 18.8. The minimum Gasteiger partial charge on any atom is -0.335 e. The molecule has 0 aliphatic carbocycles. The number of H-pyrrole nitrogens is 1. The normalized spacial score (nSPS) is 14.4. The molecule has 0 unspecified atom stereocenters. The summed E-state index contributed by atoms with van der Waals surface area (Å²) in [6, 6.07) is 6.73. The molecule has 1 aromatic carbocycles. The molecule has 0 bridgehead atoms. The topological polar surface area (TPSA) is 86.4 Å². The zero-order valence-electron chi connectivity index (χ0n) is 15.2. The van der Waals surface area contributed by atoms with Crippen LogP contribution in [0.2, 0.25) is 0 Å². The molecular weight excluding hydrogens is 332 g/mol. The average Bonchev–Trinajstić information content (AvgIpc) is 2.61. The van der Waals surface area contributed by atoms with Crippen molar-refractivity contribution in [1.29, 1.82) is 0 Å². The number of carbonyl (C=O) groups excluding carboxylic acids is 2. The number of aromatic amines is 1. The summed E-state index contributed by atoms with van der Waals surface area (Å²) in [5.74, 6) is -0.231. The molecule has 0 atom stereocenters. The molecule has 1 N–H and O–H groups in total. The summed E-state index contributed by atoms with van der Waals surface area (Å²) in [5, 5.41) is 6.05. The maximum absolute atomic E-state index is 12.9. The first-order chi connectivity index (χ1) is 12.4. The maximum atomic E-state index is 12.9. The van der Waals surface area contributed by atoms with E-state index in [4.69, 9.17) is 0 Å². The molecule has 0 saturated carbocycles. The van der Waals surface area contributed by atoms with Gasteiger partial charge in [-0.3, -0.25) is 14.4 Å². The van der Waals surface area contributed by atoms with Crippen LogP contribution in [0.3, 0.4) is 0 Å². The molecule has 7 nitrogen and oxygen atoms in total. The minimum atomic E-state index is -0.346. The molecule has 0 spiro atoms. The molecule has 7 heteroatoms. The van der Waals surface area contributed by atoms with Crippen LogP contribution in [-0.4, -0.2) is 58.0 Å². The Hall–Kier alpha value is -2.96. The van der Waals surface area contributed by atoms with Crippen LogP contribution in [0.15, 0.2) is 29.1 Å². The number of aromatic nitrogens is 2. The highest BCUT2D eigenvalue weighted by molar-refractivity contribution is 5.97. The van der Waals surface area contributed by atoms with Gasteiger partial charge < -0.3 is 9.80 Å². The van der Waals surface area contributed by atoms with E-state index in [-0.39, 0.29) is 23.1 Å². The van der Waals surface area contributed by atoms with Gasteiger partial charge in [-0.2, -0.15) is 5.10 Å². The van der Waals surface area contributed by atoms with Gasteiger partial charge >= 0.3 is 0 Å². The van der Waals surface area contributed by atoms with E-state index in [1.165, 1.54) is 12.1 Å². The molecule has 2 aromatic rings. The number of nitrogens with one attached hydrogen (secondary N) is 1. The lowest BCUT2D eigenvalue weighted by Gasteiger charge is -2.35. The Kier molecular flexibility index (Phi) is 4.88. The van der Waals surface area contributed by atoms with Crippen molar-refractivity contribution in [1.82, 2.24) is 20.0 Å². The molecule has 1 aromatic heterocycles. The fourth-order valence-electron chi connectivity index (χ4n) is 3.41. The second-order valence-electron chi connectivity index (χ2n) is 6.66. The van der Waals surface area contributed by atoms with E-state index in [1.54, 1.807) is 9.80 Å². The Balaban J connectivity index is 1.68. The average molecular weight is 354 g/mol. The number of amides is 2. The SMILES string of the molecule is Cc1cc(C)c(C(=O)N2CCN(C(=O)c3ccc(=O)[nH]n3)CC2)c(C)c1. The third-order valence-corrected chi connectivity index (χ3v) is 4.64. The molecular formula is C19H22N4O3. The lowest BCUT2D eigenvalue weighted by atomic mass is 9.98. The zero-order valence-corrected chi connectivity index (χ0v) is 15.2. The van der Waals surface area contributed by atoms with Crippen LogP contribution in [0.25, 0.3) is 0 Å². The van der Waals surface area contributed by atoms with Crippen molar-refractivity contribution in [2.24, 2.45) is 0 Å². The number of piperazine rings is 1. The summed E-state index contributed by atoms with van der Waals surface area (Å²) in [5.41, 5.74) is 3.69. The molecule has 1 saturated heterocycles. The highest BCUT2D eigenvalue weighted by Crippen LogP contribution is 2.19. The summed E-state index contributed by atoms with van der Waals surface area (Å²) >= 11 is 0. The standard InChI is InChI=1S/C19H22N4O3/c1-12-10-13(2)17(14(3)11-12)19(26)23-8-6-22(7-9-23)18(25)15-4-5-16(24)21-20-15/h4-5,10-11H,6-9H2,1-3H3,(H,21,24). The van der Waals surface area contributed by atoms with Gasteiger partial charge in [-0.25, -0.2) is 5.10 Å². The van der Waals surface area contributed by atoms with Crippen molar-refractivity contribution in [2.75, 3.05) is 26.2 Å². The molecule has 3 rings (SSSR count). The van der Waals surface area contributed by atoms with Gasteiger partial charge in [0.15, 0.2) is 0 Å². The van der Waals surface area contributed by atoms with Crippen molar-refractivity contribution in [3.8, 4) is 0 Å². The first-order valence-corrected chi connectivity index (χ1v) is 8.59. The number of rotatable bonds is 2. The van der Waals surface area contributed by atoms with Crippen molar-refractivity contribution in [3.63, 3.8) is 0 Å². The van der Waals surface area contributed by atoms with E-state index in [9.17, 15) is 14.4 Å². The number of benzene rings is 1. The van der Waals surface area contributed by atoms with Gasteiger partial charge in [-0.1, -0.05) is 17.7 Å². The van der Waals surface area contributed by atoms with E-state index in [1.807, 2.05) is 32.9 Å². The molecule has 2 heterocycles. The number of nitrogens with zero attached hydrogens (tertiary/aromatic N) is 3. The van der Waals surface area contributed by atoms with Crippen molar-refractivity contribution in [3.05, 3.63) is 62.6 Å². The van der Waals surface area contributed by atoms with Crippen LogP contribution in [0, 0.1) is 20.8 Å². The van der Waals surface area contributed by atoms with E-state index < -0.39 is 0 Å². The third-order valence-electron chi connectivity index (χ3n) is 4.64. The van der Waals surface area contributed by atoms with E-state index in [0.29, 0.717) is 26.2 Å². The first-order valence-electron chi connectivity index (χ1n) is 8.59. The maximum Gasteiger partial charge on any atom is 0.274 e. The van der Waals surface area contributed by atoms with Gasteiger partial charge in [-0.15, -0.1) is 0 Å². The second kappa shape index (κ2) is 7.11. The number of carbonyl (C=O) groups is 2. The smallest absolute Gasteiger partial charge is 0.274 e. The van der Waals surface area contributed by atoms with Gasteiger partial charge in [0.05, 0.1) is 0 Å². The summed E-state index contributed by atoms with van der Waals surface area (Å²) in [7, 11) is 0. The van der Waals surface area contributed by atoms with Crippen LogP contribution >= 0.6 is 0 Å². The Morgan fingerprint density at radius 2 is 1.46 bits per heavy atom. The largest absolute Gasteiger partial charge is 0.335 e. The fraction of sp³-hybridized carbons (Fsp3) is 0.368. The summed E-state index contributed by atoms with van der Waals surface area (Å²) in [6.07, 6.45) is 0. The molecule has 1 aliphatic rings. The van der Waals surface area contributed by atoms with E-state index in [0.717, 1.165) is 22.3 Å². The monoisotopic (exact) mass is 354 g/mol. The van der Waals surface area contributed by atoms with Crippen LogP contribution < -0.4 is 5.56 Å². The highest BCUT2D eigenvalue weighted by atomic mass is 16.2. The van der Waals surface area contributed by atoms with Crippen LogP contribution in [0.1, 0.15) is 37.5 Å². The number of hydrogen-bond donors (Lipinski definition) is 1. The van der Waals surface area contributed by atoms with Gasteiger partial charge in [0.25, 0.3) is 17.4 Å². The lowest BCUT2D eigenvalue weighted by Crippen LogP contribution is -2.51. The summed E-state index contributed by atoms with van der Waals surface area (Å²) in [6.45, 7) is 7.75. The third kappa shape index (κ3) is 3.51. The van der Waals surface area contributed by atoms with Gasteiger partial charge in [0.1, 0.15) is 5.69 Å². The number of aryl methyl sites for hydroxylation is 3. The van der Waals surface area contributed by atoms with Gasteiger partial charge in [-0.05, 0) is 38.0 Å². The molecule has 1 aliphatic heterocycles. The van der Waals surface area contributed by atoms with Crippen molar-refractivity contribution < 1.29 is 9.59 Å². The number of hydrogen-bond acceptors (Lipinski definition) is 4. The summed E-state index contributed by atoms with van der Waals surface area (Å²) in [4.78, 5) is 39.8. The van der Waals surface area contributed by atoms with Gasteiger partial charge in [0.2, 0.25) is 0 Å². The lowest BCUT2D eigenvalue weighted by molar-refractivity contribution is 0.0530. The molecule has 136 valence electrons. The Bertz CT molecular complexity index is 868. The molecule has 26 heavy (non-hydrogen) atoms. The molecule has 1 fully saturated rings. The molecule has 0 radical (unpaired) electrons. The predicted molar refractivity (Wildman–Crippen MR) is 97.3 cm³/mol. The first kappa shape index (κ1) is 17.8. The Morgan fingerprint density at radius 1 is 0.923 bits per heavy atom. The van der Waals surface area contributed by atoms with Crippen LogP contribution in [0.5, 0.6) is 0 Å². The Morgan fingerprint density at radius 3 is 1.96 bits per heavy atom. The predicted octanol–water partition coefficient (Wildman–Crippen LogP) is 1.29. The fourth-order valence-corrected chi connectivity index (χ4v) is 3.41. The van der Waals surface area contributed by atoms with Crippen LogP contribution in [-0.2, 0) is 0 Å². The second-order valence-corrected chi connectivity index (χ2v) is 6.66. The Labute approximate surface area is 151 Å². The quantitative estimate of drug-likeness (QED) is 0.881.